The summed E-state index contributed by atoms with van der Waals surface area (Å²) in [5.74, 6) is 0.0949. The van der Waals surface area contributed by atoms with E-state index >= 15 is 0 Å². The van der Waals surface area contributed by atoms with Crippen LogP contribution in [0.15, 0.2) is 30.3 Å². The Morgan fingerprint density at radius 1 is 1.08 bits per heavy atom. The molecule has 1 aliphatic carbocycles. The molecule has 1 spiro atoms. The summed E-state index contributed by atoms with van der Waals surface area (Å²) in [6.45, 7) is 2.56. The summed E-state index contributed by atoms with van der Waals surface area (Å²) in [5, 5.41) is 0. The number of rotatable bonds is 2. The van der Waals surface area contributed by atoms with Crippen molar-refractivity contribution in [3.63, 3.8) is 0 Å². The van der Waals surface area contributed by atoms with Crippen LogP contribution in [0.2, 0.25) is 0 Å². The Morgan fingerprint density at radius 3 is 2.68 bits per heavy atom. The molecular formula is C20H27NO4. The molecule has 5 heteroatoms. The van der Waals surface area contributed by atoms with Crippen LogP contribution in [-0.2, 0) is 19.0 Å². The summed E-state index contributed by atoms with van der Waals surface area (Å²) in [6.07, 6.45) is 5.56. The summed E-state index contributed by atoms with van der Waals surface area (Å²) >= 11 is 0. The van der Waals surface area contributed by atoms with Crippen LogP contribution in [0.4, 0.5) is 0 Å². The molecule has 2 aliphatic heterocycles. The fourth-order valence-electron chi connectivity index (χ4n) is 4.24. The molecule has 1 aromatic carbocycles. The van der Waals surface area contributed by atoms with Gasteiger partial charge in [-0.1, -0.05) is 49.6 Å². The molecule has 3 aliphatic rings. The number of carbonyl (C=O) groups is 1. The number of ether oxygens (including phenoxy) is 3. The predicted molar refractivity (Wildman–Crippen MR) is 93.0 cm³/mol. The quantitative estimate of drug-likeness (QED) is 0.827. The van der Waals surface area contributed by atoms with Crippen LogP contribution in [0.3, 0.4) is 0 Å². The molecule has 0 bridgehead atoms. The van der Waals surface area contributed by atoms with Crippen molar-refractivity contribution in [3.8, 4) is 0 Å². The second-order valence-electron chi connectivity index (χ2n) is 7.38. The van der Waals surface area contributed by atoms with Crippen LogP contribution >= 0.6 is 0 Å². The first kappa shape index (κ1) is 17.0. The van der Waals surface area contributed by atoms with Crippen molar-refractivity contribution < 1.29 is 19.0 Å². The van der Waals surface area contributed by atoms with E-state index in [0.29, 0.717) is 32.7 Å². The minimum atomic E-state index is -0.450. The molecule has 136 valence electrons. The van der Waals surface area contributed by atoms with Gasteiger partial charge in [0.05, 0.1) is 18.8 Å². The van der Waals surface area contributed by atoms with E-state index in [9.17, 15) is 4.79 Å². The molecule has 0 N–H and O–H groups in total. The Hall–Kier alpha value is -1.43. The highest BCUT2D eigenvalue weighted by atomic mass is 16.7. The Bertz CT molecular complexity index is 579. The summed E-state index contributed by atoms with van der Waals surface area (Å²) in [7, 11) is 0. The first-order valence-corrected chi connectivity index (χ1v) is 9.51. The Morgan fingerprint density at radius 2 is 1.88 bits per heavy atom. The molecule has 2 heterocycles. The molecule has 0 radical (unpaired) electrons. The zero-order valence-corrected chi connectivity index (χ0v) is 14.7. The van der Waals surface area contributed by atoms with Gasteiger partial charge >= 0.3 is 0 Å². The van der Waals surface area contributed by atoms with Crippen LogP contribution in [0, 0.1) is 0 Å². The lowest BCUT2D eigenvalue weighted by molar-refractivity contribution is -0.225. The summed E-state index contributed by atoms with van der Waals surface area (Å²) < 4.78 is 17.8. The average Bonchev–Trinajstić information content (AvgIpc) is 2.69. The van der Waals surface area contributed by atoms with Crippen molar-refractivity contribution >= 4 is 5.91 Å². The minimum absolute atomic E-state index is 0.0949. The maximum atomic E-state index is 13.0. The van der Waals surface area contributed by atoms with E-state index in [4.69, 9.17) is 14.2 Å². The van der Waals surface area contributed by atoms with Crippen molar-refractivity contribution in [2.45, 2.75) is 56.5 Å². The second kappa shape index (κ2) is 7.44. The topological polar surface area (TPSA) is 48.0 Å². The van der Waals surface area contributed by atoms with Crippen molar-refractivity contribution in [1.82, 2.24) is 4.90 Å². The molecule has 5 nitrogen and oxygen atoms in total. The fraction of sp³-hybridized carbons (Fsp3) is 0.650. The lowest BCUT2D eigenvalue weighted by atomic mass is 9.83. The van der Waals surface area contributed by atoms with E-state index in [1.165, 1.54) is 19.3 Å². The van der Waals surface area contributed by atoms with E-state index in [0.717, 1.165) is 18.4 Å². The number of carbonyl (C=O) groups excluding carboxylic acids is 1. The summed E-state index contributed by atoms with van der Waals surface area (Å²) in [6, 6.07) is 9.84. The van der Waals surface area contributed by atoms with Gasteiger partial charge in [-0.2, -0.15) is 0 Å². The monoisotopic (exact) mass is 345 g/mol. The molecule has 1 saturated carbocycles. The van der Waals surface area contributed by atoms with Crippen LogP contribution in [0.5, 0.6) is 0 Å². The third-order valence-corrected chi connectivity index (χ3v) is 5.61. The van der Waals surface area contributed by atoms with Crippen molar-refractivity contribution in [1.29, 1.82) is 0 Å². The van der Waals surface area contributed by atoms with Gasteiger partial charge in [-0.3, -0.25) is 4.79 Å². The molecule has 2 unspecified atom stereocenters. The summed E-state index contributed by atoms with van der Waals surface area (Å²) in [5.41, 5.74) is 0.849. The molecule has 3 fully saturated rings. The lowest BCUT2D eigenvalue weighted by Gasteiger charge is -2.46. The van der Waals surface area contributed by atoms with E-state index in [2.05, 4.69) is 0 Å². The number of hydrogen-bond acceptors (Lipinski definition) is 4. The predicted octanol–water partition coefficient (Wildman–Crippen LogP) is 3.05. The molecule has 2 saturated heterocycles. The Kier molecular flexibility index (Phi) is 5.06. The smallest absolute Gasteiger partial charge is 0.252 e. The molecule has 4 rings (SSSR count). The van der Waals surface area contributed by atoms with Gasteiger partial charge in [-0.25, -0.2) is 0 Å². The first-order valence-electron chi connectivity index (χ1n) is 9.51. The highest BCUT2D eigenvalue weighted by molar-refractivity contribution is 5.81. The highest BCUT2D eigenvalue weighted by Gasteiger charge is 2.41. The fourth-order valence-corrected chi connectivity index (χ4v) is 4.24. The third kappa shape index (κ3) is 3.73. The first-order chi connectivity index (χ1) is 12.3. The average molecular weight is 345 g/mol. The largest absolute Gasteiger partial charge is 0.371 e. The minimum Gasteiger partial charge on any atom is -0.371 e. The van der Waals surface area contributed by atoms with Crippen LogP contribution in [-0.4, -0.2) is 48.8 Å². The summed E-state index contributed by atoms with van der Waals surface area (Å²) in [4.78, 5) is 15.0. The molecular weight excluding hydrogens is 318 g/mol. The maximum absolute atomic E-state index is 13.0. The highest BCUT2D eigenvalue weighted by Crippen LogP contribution is 2.35. The van der Waals surface area contributed by atoms with E-state index in [1.807, 2.05) is 35.2 Å². The zero-order valence-electron chi connectivity index (χ0n) is 14.7. The normalized spacial score (nSPS) is 29.5. The van der Waals surface area contributed by atoms with Crippen LogP contribution in [0.25, 0.3) is 0 Å². The van der Waals surface area contributed by atoms with Crippen molar-refractivity contribution in [3.05, 3.63) is 35.9 Å². The molecule has 25 heavy (non-hydrogen) atoms. The third-order valence-electron chi connectivity index (χ3n) is 5.61. The second-order valence-corrected chi connectivity index (χ2v) is 7.38. The number of hydrogen-bond donors (Lipinski definition) is 0. The SMILES string of the molecule is O=C(C1CCOC(c2ccccc2)O1)N1CCOC2(CCCCC2)C1. The number of amides is 1. The van der Waals surface area contributed by atoms with Gasteiger partial charge < -0.3 is 19.1 Å². The van der Waals surface area contributed by atoms with Gasteiger partial charge in [0.15, 0.2) is 6.29 Å². The van der Waals surface area contributed by atoms with E-state index in [1.54, 1.807) is 0 Å². The molecule has 1 amide bonds. The van der Waals surface area contributed by atoms with Gasteiger partial charge in [0, 0.05) is 25.1 Å². The van der Waals surface area contributed by atoms with Crippen molar-refractivity contribution in [2.24, 2.45) is 0 Å². The number of morpholine rings is 1. The zero-order chi connectivity index (χ0) is 17.1. The Labute approximate surface area is 149 Å². The molecule has 0 aromatic heterocycles. The maximum Gasteiger partial charge on any atom is 0.252 e. The van der Waals surface area contributed by atoms with E-state index < -0.39 is 12.4 Å². The number of nitrogens with zero attached hydrogens (tertiary/aromatic N) is 1. The van der Waals surface area contributed by atoms with Gasteiger partial charge in [0.1, 0.15) is 6.10 Å². The van der Waals surface area contributed by atoms with E-state index in [-0.39, 0.29) is 11.5 Å². The van der Waals surface area contributed by atoms with Gasteiger partial charge in [0.25, 0.3) is 5.91 Å². The van der Waals surface area contributed by atoms with Crippen molar-refractivity contribution in [2.75, 3.05) is 26.3 Å². The lowest BCUT2D eigenvalue weighted by Crippen LogP contribution is -2.57. The number of benzene rings is 1. The van der Waals surface area contributed by atoms with Crippen LogP contribution in [0.1, 0.15) is 50.4 Å². The molecule has 1 aromatic rings. The van der Waals surface area contributed by atoms with Crippen LogP contribution < -0.4 is 0 Å². The Balaban J connectivity index is 1.41. The van der Waals surface area contributed by atoms with Gasteiger partial charge in [-0.05, 0) is 12.8 Å². The van der Waals surface area contributed by atoms with Gasteiger partial charge in [0.2, 0.25) is 0 Å². The standard InChI is InChI=1S/C20H27NO4/c22-18(21-12-14-24-20(15-21)10-5-2-6-11-20)17-9-13-23-19(25-17)16-7-3-1-4-8-16/h1,3-4,7-8,17,19H,2,5-6,9-15H2. The van der Waals surface area contributed by atoms with Gasteiger partial charge in [-0.15, -0.1) is 0 Å². The molecule has 2 atom stereocenters.